The summed E-state index contributed by atoms with van der Waals surface area (Å²) in [4.78, 5) is 81.4. The molecule has 0 radical (unpaired) electrons. The van der Waals surface area contributed by atoms with Crippen molar-refractivity contribution in [2.45, 2.75) is 102 Å². The molecule has 0 spiro atoms. The number of aliphatic hydroxyl groups is 1. The van der Waals surface area contributed by atoms with Crippen LogP contribution < -0.4 is 0 Å². The number of hydrogen-bond acceptors (Lipinski definition) is 13. The summed E-state index contributed by atoms with van der Waals surface area (Å²) in [6.45, 7) is 3.22. The monoisotopic (exact) mass is 700 g/mol. The Morgan fingerprint density at radius 1 is 0.980 bits per heavy atom. The first kappa shape index (κ1) is 37.8. The van der Waals surface area contributed by atoms with Gasteiger partial charge < -0.3 is 24.3 Å². The van der Waals surface area contributed by atoms with E-state index in [0.29, 0.717) is 6.42 Å². The van der Waals surface area contributed by atoms with Crippen LogP contribution in [0.4, 0.5) is 8.78 Å². The van der Waals surface area contributed by atoms with E-state index in [-0.39, 0.29) is 63.7 Å². The summed E-state index contributed by atoms with van der Waals surface area (Å²) in [7, 11) is 0. The average molecular weight is 701 g/mol. The predicted octanol–water partition coefficient (Wildman–Crippen LogP) is 3.70. The van der Waals surface area contributed by atoms with Crippen LogP contribution in [-0.2, 0) is 38.3 Å². The van der Waals surface area contributed by atoms with Crippen LogP contribution in [0, 0.1) is 48.8 Å². The maximum absolute atomic E-state index is 17.7. The second-order valence-corrected chi connectivity index (χ2v) is 13.8. The Balaban J connectivity index is 1.63. The number of Topliss-reactive ketones (excluding diaryl/α,β-unsaturated/α-hetero) is 1. The molecule has 17 heteroatoms. The molecule has 4 aliphatic rings. The van der Waals surface area contributed by atoms with Gasteiger partial charge in [0, 0.05) is 35.5 Å². The lowest BCUT2D eigenvalue weighted by atomic mass is 9.44. The van der Waals surface area contributed by atoms with E-state index >= 15 is 8.78 Å². The number of nitrogens with zero attached hydrogens (tertiary/aromatic N) is 2. The number of allylic oxidation sites excluding steroid dienone is 4. The molecule has 0 heterocycles. The molecule has 2 unspecified atom stereocenters. The molecule has 3 fully saturated rings. The van der Waals surface area contributed by atoms with E-state index in [0.717, 1.165) is 12.2 Å². The number of halogens is 2. The Morgan fingerprint density at radius 2 is 1.61 bits per heavy atom. The first-order chi connectivity index (χ1) is 22.9. The van der Waals surface area contributed by atoms with Gasteiger partial charge in [-0.3, -0.25) is 19.2 Å². The van der Waals surface area contributed by atoms with Crippen molar-refractivity contribution in [3.8, 4) is 0 Å². The van der Waals surface area contributed by atoms with Crippen LogP contribution in [0.3, 0.4) is 0 Å². The fourth-order valence-electron chi connectivity index (χ4n) is 8.99. The van der Waals surface area contributed by atoms with Gasteiger partial charge in [-0.2, -0.15) is 0 Å². The largest absolute Gasteiger partial charge is 0.457 e. The van der Waals surface area contributed by atoms with Crippen molar-refractivity contribution in [1.82, 2.24) is 0 Å². The number of ether oxygens (including phenoxy) is 2. The third-order valence-corrected chi connectivity index (χ3v) is 11.2. The van der Waals surface area contributed by atoms with E-state index in [2.05, 4.69) is 9.68 Å². The van der Waals surface area contributed by atoms with Crippen molar-refractivity contribution >= 4 is 23.5 Å². The molecule has 49 heavy (non-hydrogen) atoms. The van der Waals surface area contributed by atoms with Crippen LogP contribution in [0.15, 0.2) is 23.8 Å². The van der Waals surface area contributed by atoms with Crippen LogP contribution >= 0.6 is 0 Å². The molecule has 3 saturated carbocycles. The quantitative estimate of drug-likeness (QED) is 0.105. The minimum Gasteiger partial charge on any atom is -0.457 e. The third-order valence-electron chi connectivity index (χ3n) is 11.2. The Labute approximate surface area is 280 Å². The van der Waals surface area contributed by atoms with Crippen molar-refractivity contribution in [2.75, 3.05) is 19.8 Å². The summed E-state index contributed by atoms with van der Waals surface area (Å²) < 4.78 is 44.8. The minimum atomic E-state index is -2.45. The number of hydrogen-bond donors (Lipinski definition) is 1. The number of carbonyl (C=O) groups excluding carboxylic acids is 4. The molecule has 4 aliphatic carbocycles. The van der Waals surface area contributed by atoms with Crippen LogP contribution in [-0.4, -0.2) is 82.2 Å². The third kappa shape index (κ3) is 6.77. The van der Waals surface area contributed by atoms with Crippen LogP contribution in [0.2, 0.25) is 0 Å². The zero-order chi connectivity index (χ0) is 36.4. The topological polar surface area (TPSA) is 212 Å². The van der Waals surface area contributed by atoms with E-state index in [1.165, 1.54) is 13.0 Å². The fraction of sp³-hybridized carbons (Fsp3) is 0.750. The van der Waals surface area contributed by atoms with E-state index in [9.17, 15) is 44.5 Å². The van der Waals surface area contributed by atoms with Gasteiger partial charge in [0.2, 0.25) is 5.78 Å². The first-order valence-electron chi connectivity index (χ1n) is 16.4. The summed E-state index contributed by atoms with van der Waals surface area (Å²) in [5, 5.41) is 30.5. The standard InChI is InChI=1S/C32H42F2N2O13/c1-19-14-21-22-16-24(33)23-15-20(37)10-11-29(23,2)31(22,34)25(38)17-30(21,3)32(19,49-28(41)8-5-4-6-12-47-35(42)43)26(39)18-46-27(40)9-7-13-48-36(44)45/h10-11,15,19,21-22,24-25,38H,4-9,12-14,16-18H2,1-3H3/t19-,21?,22?,24+,25+,29+,30+,31+,32+/m1/s1. The molecular weight excluding hydrogens is 658 g/mol. The minimum absolute atomic E-state index is 0.0691. The maximum Gasteiger partial charge on any atom is 0.306 e. The van der Waals surface area contributed by atoms with Gasteiger partial charge in [0.25, 0.3) is 10.2 Å². The summed E-state index contributed by atoms with van der Waals surface area (Å²) in [5.41, 5.74) is -7.69. The Hall–Kier alpha value is -4.02. The molecule has 4 rings (SSSR count). The van der Waals surface area contributed by atoms with Crippen molar-refractivity contribution in [3.63, 3.8) is 0 Å². The van der Waals surface area contributed by atoms with Gasteiger partial charge in [0.15, 0.2) is 23.7 Å². The van der Waals surface area contributed by atoms with Gasteiger partial charge in [-0.1, -0.05) is 26.3 Å². The van der Waals surface area contributed by atoms with Crippen molar-refractivity contribution < 1.29 is 62.4 Å². The number of aliphatic hydroxyl groups excluding tert-OH is 1. The molecule has 9 atom stereocenters. The maximum atomic E-state index is 17.7. The van der Waals surface area contributed by atoms with Gasteiger partial charge in [-0.15, -0.1) is 20.2 Å². The van der Waals surface area contributed by atoms with Gasteiger partial charge in [0.05, 0.1) is 19.3 Å². The zero-order valence-electron chi connectivity index (χ0n) is 27.6. The lowest BCUT2D eigenvalue weighted by Gasteiger charge is -2.63. The molecule has 0 saturated heterocycles. The predicted molar refractivity (Wildman–Crippen MR) is 162 cm³/mol. The highest BCUT2D eigenvalue weighted by Crippen LogP contribution is 2.71. The van der Waals surface area contributed by atoms with E-state index in [1.54, 1.807) is 13.8 Å². The second-order valence-electron chi connectivity index (χ2n) is 13.8. The first-order valence-corrected chi connectivity index (χ1v) is 16.4. The van der Waals surface area contributed by atoms with Gasteiger partial charge >= 0.3 is 11.9 Å². The number of fused-ring (bicyclic) bond motifs is 5. The molecular formula is C32H42F2N2O13. The van der Waals surface area contributed by atoms with Gasteiger partial charge in [-0.25, -0.2) is 8.78 Å². The number of carbonyl (C=O) groups is 4. The lowest BCUT2D eigenvalue weighted by molar-refractivity contribution is -0.757. The Morgan fingerprint density at radius 3 is 2.27 bits per heavy atom. The molecule has 15 nitrogen and oxygen atoms in total. The molecule has 0 aromatic rings. The summed E-state index contributed by atoms with van der Waals surface area (Å²) >= 11 is 0. The van der Waals surface area contributed by atoms with E-state index in [1.807, 2.05) is 0 Å². The van der Waals surface area contributed by atoms with Gasteiger partial charge in [0.1, 0.15) is 6.17 Å². The van der Waals surface area contributed by atoms with Crippen molar-refractivity contribution in [2.24, 2.45) is 28.6 Å². The van der Waals surface area contributed by atoms with E-state index < -0.39 is 98.8 Å². The summed E-state index contributed by atoms with van der Waals surface area (Å²) in [6, 6.07) is 0. The summed E-state index contributed by atoms with van der Waals surface area (Å²) in [6.07, 6.45) is -0.472. The molecule has 0 bridgehead atoms. The molecule has 272 valence electrons. The number of unbranched alkanes of at least 4 members (excludes halogenated alkanes) is 2. The fourth-order valence-corrected chi connectivity index (χ4v) is 8.99. The van der Waals surface area contributed by atoms with Crippen molar-refractivity contribution in [3.05, 3.63) is 44.0 Å². The van der Waals surface area contributed by atoms with Gasteiger partial charge in [-0.05, 0) is 69.1 Å². The lowest BCUT2D eigenvalue weighted by Crippen LogP contribution is -2.71. The highest BCUT2D eigenvalue weighted by atomic mass is 19.1. The zero-order valence-corrected chi connectivity index (χ0v) is 27.6. The number of rotatable bonds is 16. The number of ketones is 2. The highest BCUT2D eigenvalue weighted by molar-refractivity contribution is 6.01. The molecule has 0 aromatic carbocycles. The SMILES string of the molecule is C[C@@H]1CC2C3C[C@H](F)C4=CC(=O)C=C[C@]4(C)[C@@]3(F)[C@@H](O)C[C@]2(C)[C@@]1(OC(=O)CCCCCO[N+](=O)[O-])C(=O)COC(=O)CCCO[N+](=O)[O-]. The van der Waals surface area contributed by atoms with E-state index in [4.69, 9.17) is 9.47 Å². The van der Waals surface area contributed by atoms with Crippen LogP contribution in [0.25, 0.3) is 0 Å². The number of esters is 2. The summed E-state index contributed by atoms with van der Waals surface area (Å²) in [5.74, 6) is -5.79. The smallest absolute Gasteiger partial charge is 0.306 e. The van der Waals surface area contributed by atoms with Crippen LogP contribution in [0.5, 0.6) is 0 Å². The highest BCUT2D eigenvalue weighted by Gasteiger charge is 2.78. The molecule has 0 amide bonds. The Bertz CT molecular complexity index is 1420. The second kappa shape index (κ2) is 14.5. The van der Waals surface area contributed by atoms with Crippen molar-refractivity contribution in [1.29, 1.82) is 0 Å². The average Bonchev–Trinajstić information content (AvgIpc) is 3.24. The molecule has 1 N–H and O–H groups in total. The van der Waals surface area contributed by atoms with Crippen LogP contribution in [0.1, 0.15) is 78.6 Å². The molecule has 0 aromatic heterocycles. The molecule has 0 aliphatic heterocycles. The normalized spacial score (nSPS) is 36.0. The Kier molecular flexibility index (Phi) is 11.1. The number of alkyl halides is 2.